The van der Waals surface area contributed by atoms with Gasteiger partial charge in [0.25, 0.3) is 0 Å². The van der Waals surface area contributed by atoms with Crippen molar-refractivity contribution in [2.24, 2.45) is 0 Å². The minimum absolute atomic E-state index is 0.257. The standard InChI is InChI=1S/C14H17FN2O/c1-3-6-17-9-12(8-16-17)14(18)11-4-5-13(15)10(2)7-11/h4-5,7-9,14,18H,3,6H2,1-2H3. The predicted molar refractivity (Wildman–Crippen MR) is 67.7 cm³/mol. The maximum absolute atomic E-state index is 13.2. The highest BCUT2D eigenvalue weighted by Crippen LogP contribution is 2.23. The summed E-state index contributed by atoms with van der Waals surface area (Å²) in [6.45, 7) is 4.59. The second-order valence-electron chi connectivity index (χ2n) is 4.45. The van der Waals surface area contributed by atoms with Crippen LogP contribution in [0.15, 0.2) is 30.6 Å². The zero-order valence-corrected chi connectivity index (χ0v) is 10.6. The highest BCUT2D eigenvalue weighted by Gasteiger charge is 2.13. The molecule has 1 heterocycles. The van der Waals surface area contributed by atoms with E-state index < -0.39 is 6.10 Å². The van der Waals surface area contributed by atoms with Crippen LogP contribution in [0.3, 0.4) is 0 Å². The van der Waals surface area contributed by atoms with Crippen LogP contribution in [0.4, 0.5) is 4.39 Å². The molecule has 18 heavy (non-hydrogen) atoms. The van der Waals surface area contributed by atoms with Gasteiger partial charge in [0.15, 0.2) is 0 Å². The number of aliphatic hydroxyl groups excluding tert-OH is 1. The van der Waals surface area contributed by atoms with Gasteiger partial charge in [-0.15, -0.1) is 0 Å². The van der Waals surface area contributed by atoms with Gasteiger partial charge in [-0.25, -0.2) is 4.39 Å². The number of hydrogen-bond acceptors (Lipinski definition) is 2. The highest BCUT2D eigenvalue weighted by atomic mass is 19.1. The molecule has 2 rings (SSSR count). The van der Waals surface area contributed by atoms with Crippen molar-refractivity contribution in [3.8, 4) is 0 Å². The second-order valence-corrected chi connectivity index (χ2v) is 4.45. The van der Waals surface area contributed by atoms with E-state index in [0.717, 1.165) is 18.5 Å². The van der Waals surface area contributed by atoms with E-state index in [2.05, 4.69) is 12.0 Å². The Kier molecular flexibility index (Phi) is 3.77. The van der Waals surface area contributed by atoms with Crippen LogP contribution in [-0.2, 0) is 6.54 Å². The molecule has 0 bridgehead atoms. The molecule has 0 amide bonds. The van der Waals surface area contributed by atoms with Gasteiger partial charge < -0.3 is 5.11 Å². The third-order valence-electron chi connectivity index (χ3n) is 2.92. The summed E-state index contributed by atoms with van der Waals surface area (Å²) in [6.07, 6.45) is 3.72. The van der Waals surface area contributed by atoms with Crippen LogP contribution in [0.1, 0.15) is 36.1 Å². The number of rotatable bonds is 4. The summed E-state index contributed by atoms with van der Waals surface area (Å²) < 4.78 is 15.0. The molecule has 96 valence electrons. The van der Waals surface area contributed by atoms with Crippen molar-refractivity contribution in [3.05, 3.63) is 53.1 Å². The van der Waals surface area contributed by atoms with Crippen molar-refractivity contribution in [2.45, 2.75) is 32.9 Å². The van der Waals surface area contributed by atoms with Crippen molar-refractivity contribution in [2.75, 3.05) is 0 Å². The third-order valence-corrected chi connectivity index (χ3v) is 2.92. The van der Waals surface area contributed by atoms with Gasteiger partial charge in [-0.3, -0.25) is 4.68 Å². The van der Waals surface area contributed by atoms with Crippen molar-refractivity contribution >= 4 is 0 Å². The first-order valence-electron chi connectivity index (χ1n) is 6.08. The molecule has 0 fully saturated rings. The normalized spacial score (nSPS) is 12.7. The summed E-state index contributed by atoms with van der Waals surface area (Å²) in [4.78, 5) is 0. The Hall–Kier alpha value is -1.68. The molecule has 1 N–H and O–H groups in total. The SMILES string of the molecule is CCCn1cc(C(O)c2ccc(F)c(C)c2)cn1. The van der Waals surface area contributed by atoms with Gasteiger partial charge in [-0.05, 0) is 30.5 Å². The van der Waals surface area contributed by atoms with Crippen molar-refractivity contribution in [1.82, 2.24) is 9.78 Å². The molecule has 0 saturated heterocycles. The predicted octanol–water partition coefficient (Wildman–Crippen LogP) is 2.82. The summed E-state index contributed by atoms with van der Waals surface area (Å²) >= 11 is 0. The van der Waals surface area contributed by atoms with Crippen LogP contribution in [-0.4, -0.2) is 14.9 Å². The van der Waals surface area contributed by atoms with Gasteiger partial charge in [0.2, 0.25) is 0 Å². The molecule has 0 saturated carbocycles. The number of benzene rings is 1. The topological polar surface area (TPSA) is 38.0 Å². The summed E-state index contributed by atoms with van der Waals surface area (Å²) in [7, 11) is 0. The van der Waals surface area contributed by atoms with Crippen LogP contribution >= 0.6 is 0 Å². The maximum Gasteiger partial charge on any atom is 0.126 e. The summed E-state index contributed by atoms with van der Waals surface area (Å²) in [5.41, 5.74) is 1.95. The average molecular weight is 248 g/mol. The van der Waals surface area contributed by atoms with Gasteiger partial charge in [-0.2, -0.15) is 5.10 Å². The fraction of sp³-hybridized carbons (Fsp3) is 0.357. The minimum Gasteiger partial charge on any atom is -0.384 e. The highest BCUT2D eigenvalue weighted by molar-refractivity contribution is 5.31. The molecule has 1 aromatic carbocycles. The van der Waals surface area contributed by atoms with Gasteiger partial charge >= 0.3 is 0 Å². The second kappa shape index (κ2) is 5.31. The molecule has 3 nitrogen and oxygen atoms in total. The van der Waals surface area contributed by atoms with Crippen molar-refractivity contribution in [3.63, 3.8) is 0 Å². The molecular formula is C14H17FN2O. The van der Waals surface area contributed by atoms with E-state index in [4.69, 9.17) is 0 Å². The lowest BCUT2D eigenvalue weighted by Gasteiger charge is -2.09. The Balaban J connectivity index is 2.23. The fourth-order valence-corrected chi connectivity index (χ4v) is 1.90. The first-order chi connectivity index (χ1) is 8.61. The first kappa shape index (κ1) is 12.8. The smallest absolute Gasteiger partial charge is 0.126 e. The fourth-order valence-electron chi connectivity index (χ4n) is 1.90. The summed E-state index contributed by atoms with van der Waals surface area (Å²) in [6, 6.07) is 4.64. The maximum atomic E-state index is 13.2. The van der Waals surface area contributed by atoms with Gasteiger partial charge in [0.05, 0.1) is 6.20 Å². The lowest BCUT2D eigenvalue weighted by molar-refractivity contribution is 0.220. The molecule has 4 heteroatoms. The Bertz CT molecular complexity index is 536. The minimum atomic E-state index is -0.755. The van der Waals surface area contributed by atoms with E-state index in [0.29, 0.717) is 11.1 Å². The average Bonchev–Trinajstić information content (AvgIpc) is 2.81. The van der Waals surface area contributed by atoms with E-state index in [1.807, 2.05) is 6.20 Å². The number of aromatic nitrogens is 2. The van der Waals surface area contributed by atoms with Gasteiger partial charge in [0.1, 0.15) is 11.9 Å². The lowest BCUT2D eigenvalue weighted by Crippen LogP contribution is -2.00. The number of nitrogens with zero attached hydrogens (tertiary/aromatic N) is 2. The molecule has 0 aliphatic carbocycles. The molecule has 1 aromatic heterocycles. The van der Waals surface area contributed by atoms with Crippen LogP contribution < -0.4 is 0 Å². The zero-order chi connectivity index (χ0) is 13.1. The summed E-state index contributed by atoms with van der Waals surface area (Å²) in [5, 5.41) is 14.4. The van der Waals surface area contributed by atoms with Crippen molar-refractivity contribution in [1.29, 1.82) is 0 Å². The molecule has 1 atom stereocenters. The molecule has 2 aromatic rings. The number of aliphatic hydroxyl groups is 1. The number of halogens is 1. The molecular weight excluding hydrogens is 231 g/mol. The van der Waals surface area contributed by atoms with Crippen LogP contribution in [0.2, 0.25) is 0 Å². The van der Waals surface area contributed by atoms with E-state index in [9.17, 15) is 9.50 Å². The molecule has 0 aliphatic rings. The summed E-state index contributed by atoms with van der Waals surface area (Å²) in [5.74, 6) is -0.257. The van der Waals surface area contributed by atoms with Gasteiger partial charge in [0, 0.05) is 18.3 Å². The van der Waals surface area contributed by atoms with Gasteiger partial charge in [-0.1, -0.05) is 19.1 Å². The molecule has 0 aliphatic heterocycles. The van der Waals surface area contributed by atoms with Crippen LogP contribution in [0, 0.1) is 12.7 Å². The largest absolute Gasteiger partial charge is 0.384 e. The Morgan fingerprint density at radius 1 is 1.39 bits per heavy atom. The lowest BCUT2D eigenvalue weighted by atomic mass is 10.0. The Morgan fingerprint density at radius 2 is 2.17 bits per heavy atom. The van der Waals surface area contributed by atoms with Crippen molar-refractivity contribution < 1.29 is 9.50 Å². The van der Waals surface area contributed by atoms with E-state index >= 15 is 0 Å². The molecule has 0 spiro atoms. The molecule has 0 radical (unpaired) electrons. The Labute approximate surface area is 106 Å². The monoisotopic (exact) mass is 248 g/mol. The molecule has 1 unspecified atom stereocenters. The van der Waals surface area contributed by atoms with E-state index in [1.165, 1.54) is 6.07 Å². The van der Waals surface area contributed by atoms with Crippen LogP contribution in [0.5, 0.6) is 0 Å². The quantitative estimate of drug-likeness (QED) is 0.903. The van der Waals surface area contributed by atoms with E-state index in [-0.39, 0.29) is 5.82 Å². The number of hydrogen-bond donors (Lipinski definition) is 1. The first-order valence-corrected chi connectivity index (χ1v) is 6.08. The third kappa shape index (κ3) is 2.59. The van der Waals surface area contributed by atoms with Crippen LogP contribution in [0.25, 0.3) is 0 Å². The number of aryl methyl sites for hydroxylation is 2. The van der Waals surface area contributed by atoms with E-state index in [1.54, 1.807) is 29.9 Å². The zero-order valence-electron chi connectivity index (χ0n) is 10.6. The Morgan fingerprint density at radius 3 is 2.83 bits per heavy atom.